The van der Waals surface area contributed by atoms with Gasteiger partial charge in [0.25, 0.3) is 0 Å². The van der Waals surface area contributed by atoms with Crippen LogP contribution in [0.15, 0.2) is 24.3 Å². The van der Waals surface area contributed by atoms with Crippen molar-refractivity contribution in [1.82, 2.24) is 0 Å². The van der Waals surface area contributed by atoms with Gasteiger partial charge < -0.3 is 15.2 Å². The maximum atomic E-state index is 11.8. The molecule has 4 nitrogen and oxygen atoms in total. The number of aliphatic hydroxyl groups excluding tert-OH is 1. The molecule has 1 amide bonds. The highest BCUT2D eigenvalue weighted by Gasteiger charge is 2.12. The van der Waals surface area contributed by atoms with Crippen molar-refractivity contribution in [1.29, 1.82) is 0 Å². The van der Waals surface area contributed by atoms with Gasteiger partial charge in [0.15, 0.2) is 0 Å². The molecule has 0 aliphatic rings. The van der Waals surface area contributed by atoms with Crippen molar-refractivity contribution < 1.29 is 14.6 Å². The Morgan fingerprint density at radius 2 is 2.06 bits per heavy atom. The van der Waals surface area contributed by atoms with Gasteiger partial charge in [0.05, 0.1) is 6.10 Å². The quantitative estimate of drug-likeness (QED) is 0.816. The van der Waals surface area contributed by atoms with Crippen molar-refractivity contribution >= 4 is 11.6 Å². The van der Waals surface area contributed by atoms with Crippen molar-refractivity contribution in [2.24, 2.45) is 5.92 Å². The van der Waals surface area contributed by atoms with Gasteiger partial charge in [0.1, 0.15) is 0 Å². The van der Waals surface area contributed by atoms with Gasteiger partial charge in [0, 0.05) is 31.4 Å². The summed E-state index contributed by atoms with van der Waals surface area (Å²) < 4.78 is 5.00. The van der Waals surface area contributed by atoms with Crippen LogP contribution < -0.4 is 5.32 Å². The van der Waals surface area contributed by atoms with E-state index in [1.807, 2.05) is 19.1 Å². The van der Waals surface area contributed by atoms with Gasteiger partial charge in [0.2, 0.25) is 5.91 Å². The lowest BCUT2D eigenvalue weighted by Crippen LogP contribution is -2.18. The van der Waals surface area contributed by atoms with Crippen LogP contribution in [-0.4, -0.2) is 24.7 Å². The Morgan fingerprint density at radius 3 is 2.67 bits per heavy atom. The number of carbonyl (C=O) groups is 1. The molecule has 0 fully saturated rings. The standard InChI is InChI=1S/C14H21NO3/c1-10(9-18-3)8-14(17)15-13-7-5-4-6-12(13)11(2)16/h4-7,10-11,16H,8-9H2,1-3H3,(H,15,17). The first-order chi connectivity index (χ1) is 8.54. The van der Waals surface area contributed by atoms with Crippen molar-refractivity contribution in [3.05, 3.63) is 29.8 Å². The predicted molar refractivity (Wildman–Crippen MR) is 71.4 cm³/mol. The molecule has 1 aromatic carbocycles. The van der Waals surface area contributed by atoms with Crippen molar-refractivity contribution in [2.75, 3.05) is 19.0 Å². The van der Waals surface area contributed by atoms with Crippen LogP contribution in [0, 0.1) is 5.92 Å². The Bertz CT molecular complexity index is 390. The van der Waals surface area contributed by atoms with Gasteiger partial charge in [-0.3, -0.25) is 4.79 Å². The minimum Gasteiger partial charge on any atom is -0.389 e. The number of methoxy groups -OCH3 is 1. The second kappa shape index (κ2) is 7.13. The number of anilines is 1. The number of carbonyl (C=O) groups excluding carboxylic acids is 1. The van der Waals surface area contributed by atoms with Gasteiger partial charge >= 0.3 is 0 Å². The summed E-state index contributed by atoms with van der Waals surface area (Å²) in [6, 6.07) is 7.27. The average molecular weight is 251 g/mol. The average Bonchev–Trinajstić information content (AvgIpc) is 2.29. The molecule has 0 saturated heterocycles. The molecule has 4 heteroatoms. The van der Waals surface area contributed by atoms with E-state index in [0.29, 0.717) is 18.7 Å². The number of benzene rings is 1. The van der Waals surface area contributed by atoms with E-state index >= 15 is 0 Å². The highest BCUT2D eigenvalue weighted by Crippen LogP contribution is 2.22. The van der Waals surface area contributed by atoms with E-state index in [4.69, 9.17) is 4.74 Å². The number of nitrogens with one attached hydrogen (secondary N) is 1. The third-order valence-corrected chi connectivity index (χ3v) is 2.67. The Kier molecular flexibility index (Phi) is 5.82. The number of ether oxygens (including phenoxy) is 1. The summed E-state index contributed by atoms with van der Waals surface area (Å²) in [6.45, 7) is 4.20. The molecule has 2 N–H and O–H groups in total. The molecule has 0 radical (unpaired) electrons. The number of aliphatic hydroxyl groups is 1. The molecule has 18 heavy (non-hydrogen) atoms. The molecule has 0 aromatic heterocycles. The van der Waals surface area contributed by atoms with Crippen LogP contribution >= 0.6 is 0 Å². The molecule has 0 heterocycles. The van der Waals surface area contributed by atoms with E-state index in [1.54, 1.807) is 26.2 Å². The first-order valence-corrected chi connectivity index (χ1v) is 6.10. The van der Waals surface area contributed by atoms with Crippen LogP contribution in [0.1, 0.15) is 31.9 Å². The van der Waals surface area contributed by atoms with Gasteiger partial charge in [-0.2, -0.15) is 0 Å². The minimum absolute atomic E-state index is 0.0624. The highest BCUT2D eigenvalue weighted by atomic mass is 16.5. The molecule has 0 spiro atoms. The van der Waals surface area contributed by atoms with Gasteiger partial charge in [-0.05, 0) is 18.9 Å². The Morgan fingerprint density at radius 1 is 1.39 bits per heavy atom. The van der Waals surface area contributed by atoms with Crippen LogP contribution in [0.25, 0.3) is 0 Å². The fourth-order valence-corrected chi connectivity index (χ4v) is 1.84. The topological polar surface area (TPSA) is 58.6 Å². The summed E-state index contributed by atoms with van der Waals surface area (Å²) in [7, 11) is 1.62. The monoisotopic (exact) mass is 251 g/mol. The lowest BCUT2D eigenvalue weighted by molar-refractivity contribution is -0.117. The first-order valence-electron chi connectivity index (χ1n) is 6.10. The lowest BCUT2D eigenvalue weighted by atomic mass is 10.1. The maximum absolute atomic E-state index is 11.8. The Hall–Kier alpha value is -1.39. The molecule has 1 aromatic rings. The number of hydrogen-bond acceptors (Lipinski definition) is 3. The first kappa shape index (κ1) is 14.7. The smallest absolute Gasteiger partial charge is 0.224 e. The number of rotatable bonds is 6. The molecule has 2 atom stereocenters. The number of hydrogen-bond donors (Lipinski definition) is 2. The summed E-state index contributed by atoms with van der Waals surface area (Å²) in [6.07, 6.45) is -0.194. The fourth-order valence-electron chi connectivity index (χ4n) is 1.84. The van der Waals surface area contributed by atoms with Crippen molar-refractivity contribution in [3.8, 4) is 0 Å². The second-order valence-electron chi connectivity index (χ2n) is 4.58. The summed E-state index contributed by atoms with van der Waals surface area (Å²) in [5.41, 5.74) is 1.40. The minimum atomic E-state index is -0.599. The predicted octanol–water partition coefficient (Wildman–Crippen LogP) is 2.35. The number of para-hydroxylation sites is 1. The largest absolute Gasteiger partial charge is 0.389 e. The third-order valence-electron chi connectivity index (χ3n) is 2.67. The fraction of sp³-hybridized carbons (Fsp3) is 0.500. The zero-order chi connectivity index (χ0) is 13.5. The molecule has 0 aliphatic carbocycles. The normalized spacial score (nSPS) is 14.0. The van der Waals surface area contributed by atoms with E-state index in [9.17, 15) is 9.90 Å². The van der Waals surface area contributed by atoms with Crippen LogP contribution in [0.4, 0.5) is 5.69 Å². The molecule has 2 unspecified atom stereocenters. The maximum Gasteiger partial charge on any atom is 0.224 e. The van der Waals surface area contributed by atoms with E-state index in [0.717, 1.165) is 5.56 Å². The SMILES string of the molecule is COCC(C)CC(=O)Nc1ccccc1C(C)O. The van der Waals surface area contributed by atoms with E-state index in [1.165, 1.54) is 0 Å². The zero-order valence-electron chi connectivity index (χ0n) is 11.1. The highest BCUT2D eigenvalue weighted by molar-refractivity contribution is 5.91. The molecular weight excluding hydrogens is 230 g/mol. The molecule has 1 rings (SSSR count). The summed E-state index contributed by atoms with van der Waals surface area (Å²) in [5.74, 6) is 0.112. The molecule has 0 saturated carbocycles. The Balaban J connectivity index is 2.64. The molecule has 100 valence electrons. The van der Waals surface area contributed by atoms with Crippen molar-refractivity contribution in [3.63, 3.8) is 0 Å². The van der Waals surface area contributed by atoms with Crippen LogP contribution in [0.2, 0.25) is 0 Å². The second-order valence-corrected chi connectivity index (χ2v) is 4.58. The van der Waals surface area contributed by atoms with Gasteiger partial charge in [-0.1, -0.05) is 25.1 Å². The molecule has 0 aliphatic heterocycles. The molecule has 0 bridgehead atoms. The van der Waals surface area contributed by atoms with Crippen LogP contribution in [0.3, 0.4) is 0 Å². The summed E-state index contributed by atoms with van der Waals surface area (Å²) >= 11 is 0. The van der Waals surface area contributed by atoms with E-state index in [-0.39, 0.29) is 11.8 Å². The Labute approximate surface area is 108 Å². The van der Waals surface area contributed by atoms with Crippen LogP contribution in [0.5, 0.6) is 0 Å². The summed E-state index contributed by atoms with van der Waals surface area (Å²) in [5, 5.41) is 12.4. The van der Waals surface area contributed by atoms with Gasteiger partial charge in [-0.25, -0.2) is 0 Å². The van der Waals surface area contributed by atoms with Crippen LogP contribution in [-0.2, 0) is 9.53 Å². The lowest BCUT2D eigenvalue weighted by Gasteiger charge is -2.14. The summed E-state index contributed by atoms with van der Waals surface area (Å²) in [4.78, 5) is 11.8. The van der Waals surface area contributed by atoms with Gasteiger partial charge in [-0.15, -0.1) is 0 Å². The number of amides is 1. The van der Waals surface area contributed by atoms with Crippen molar-refractivity contribution in [2.45, 2.75) is 26.4 Å². The zero-order valence-corrected chi connectivity index (χ0v) is 11.1. The van der Waals surface area contributed by atoms with E-state index < -0.39 is 6.10 Å². The van der Waals surface area contributed by atoms with E-state index in [2.05, 4.69) is 5.32 Å². The third kappa shape index (κ3) is 4.47. The molecular formula is C14H21NO3.